The van der Waals surface area contributed by atoms with Crippen LogP contribution in [-0.4, -0.2) is 48.7 Å². The van der Waals surface area contributed by atoms with Gasteiger partial charge < -0.3 is 9.84 Å². The number of nitrogens with zero attached hydrogens (tertiary/aromatic N) is 3. The Hall–Kier alpha value is -3.04. The number of carbonyl (C=O) groups excluding carboxylic acids is 1. The lowest BCUT2D eigenvalue weighted by atomic mass is 9.87. The van der Waals surface area contributed by atoms with Gasteiger partial charge in [-0.05, 0) is 61.5 Å². The van der Waals surface area contributed by atoms with Gasteiger partial charge in [0.15, 0.2) is 9.84 Å². The molecule has 1 aliphatic heterocycles. The van der Waals surface area contributed by atoms with Gasteiger partial charge in [-0.2, -0.15) is 4.98 Å². The molecule has 2 aromatic carbocycles. The molecule has 1 N–H and O–H groups in total. The van der Waals surface area contributed by atoms with E-state index >= 15 is 0 Å². The van der Waals surface area contributed by atoms with E-state index in [1.54, 1.807) is 24.3 Å². The Balaban J connectivity index is 1.27. The monoisotopic (exact) mass is 524 g/mol. The molecular weight excluding hydrogens is 488 g/mol. The zero-order chi connectivity index (χ0) is 26.8. The summed E-state index contributed by atoms with van der Waals surface area (Å²) in [5.74, 6) is 1.12. The van der Waals surface area contributed by atoms with Crippen LogP contribution in [0.25, 0.3) is 11.4 Å². The van der Waals surface area contributed by atoms with Crippen molar-refractivity contribution in [3.05, 3.63) is 65.5 Å². The molecule has 1 unspecified atom stereocenters. The molecule has 198 valence electrons. The Bertz CT molecular complexity index is 1320. The molecule has 3 aromatic rings. The van der Waals surface area contributed by atoms with Crippen molar-refractivity contribution in [2.45, 2.75) is 63.4 Å². The summed E-state index contributed by atoms with van der Waals surface area (Å²) in [6.07, 6.45) is 2.68. The summed E-state index contributed by atoms with van der Waals surface area (Å²) < 4.78 is 28.8. The number of amides is 1. The average Bonchev–Trinajstić information content (AvgIpc) is 3.32. The molecule has 0 spiro atoms. The van der Waals surface area contributed by atoms with Crippen LogP contribution in [0.5, 0.6) is 0 Å². The van der Waals surface area contributed by atoms with E-state index in [1.165, 1.54) is 11.8 Å². The van der Waals surface area contributed by atoms with E-state index in [4.69, 9.17) is 4.52 Å². The molecular formula is C28H36N4O4S. The summed E-state index contributed by atoms with van der Waals surface area (Å²) in [4.78, 5) is 19.9. The number of hydrogen-bond donors (Lipinski definition) is 1. The Morgan fingerprint density at radius 1 is 1.08 bits per heavy atom. The van der Waals surface area contributed by atoms with Crippen molar-refractivity contribution in [3.8, 4) is 11.4 Å². The molecule has 0 saturated carbocycles. The van der Waals surface area contributed by atoms with Crippen LogP contribution in [0.15, 0.2) is 57.9 Å². The maximum atomic E-state index is 12.9. The first kappa shape index (κ1) is 27.0. The Morgan fingerprint density at radius 2 is 1.70 bits per heavy atom. The van der Waals surface area contributed by atoms with Crippen LogP contribution in [0.4, 0.5) is 0 Å². The van der Waals surface area contributed by atoms with Crippen LogP contribution in [0.3, 0.4) is 0 Å². The molecule has 0 bridgehead atoms. The highest BCUT2D eigenvalue weighted by atomic mass is 32.2. The maximum absolute atomic E-state index is 12.9. The number of likely N-dealkylation sites (tertiary alicyclic amines) is 1. The molecule has 9 heteroatoms. The van der Waals surface area contributed by atoms with Gasteiger partial charge in [-0.15, -0.1) is 0 Å². The maximum Gasteiger partial charge on any atom is 0.241 e. The lowest BCUT2D eigenvalue weighted by Crippen LogP contribution is -2.40. The lowest BCUT2D eigenvalue weighted by Gasteiger charge is -2.30. The number of aromatic nitrogens is 2. The molecule has 37 heavy (non-hydrogen) atoms. The summed E-state index contributed by atoms with van der Waals surface area (Å²) in [6.45, 7) is 10.6. The zero-order valence-corrected chi connectivity index (χ0v) is 23.0. The van der Waals surface area contributed by atoms with E-state index in [2.05, 4.69) is 53.3 Å². The van der Waals surface area contributed by atoms with Crippen molar-refractivity contribution in [1.82, 2.24) is 20.4 Å². The largest absolute Gasteiger partial charge is 0.349 e. The third kappa shape index (κ3) is 6.84. The van der Waals surface area contributed by atoms with E-state index in [9.17, 15) is 13.2 Å². The minimum Gasteiger partial charge on any atom is -0.349 e. The van der Waals surface area contributed by atoms with Gasteiger partial charge in [0.25, 0.3) is 0 Å². The summed E-state index contributed by atoms with van der Waals surface area (Å²) in [6, 6.07) is 14.7. The minimum absolute atomic E-state index is 0.0260. The molecule has 1 atom stereocenters. The van der Waals surface area contributed by atoms with Crippen molar-refractivity contribution in [2.24, 2.45) is 5.92 Å². The normalized spacial score (nSPS) is 16.5. The Labute approximate surface area is 219 Å². The predicted octanol–water partition coefficient (Wildman–Crippen LogP) is 4.53. The van der Waals surface area contributed by atoms with Gasteiger partial charge in [0.1, 0.15) is 0 Å². The number of piperidine rings is 1. The number of hydrogen-bond acceptors (Lipinski definition) is 7. The first-order valence-electron chi connectivity index (χ1n) is 12.7. The lowest BCUT2D eigenvalue weighted by molar-refractivity contribution is -0.127. The summed E-state index contributed by atoms with van der Waals surface area (Å²) >= 11 is 0. The van der Waals surface area contributed by atoms with Crippen molar-refractivity contribution >= 4 is 15.7 Å². The van der Waals surface area contributed by atoms with Crippen LogP contribution in [0, 0.1) is 5.92 Å². The topological polar surface area (TPSA) is 105 Å². The van der Waals surface area contributed by atoms with Crippen molar-refractivity contribution in [2.75, 3.05) is 19.3 Å². The van der Waals surface area contributed by atoms with Gasteiger partial charge in [0.2, 0.25) is 17.6 Å². The van der Waals surface area contributed by atoms with E-state index in [-0.39, 0.29) is 28.2 Å². The van der Waals surface area contributed by atoms with Crippen LogP contribution in [0.2, 0.25) is 0 Å². The molecule has 1 saturated heterocycles. The first-order chi connectivity index (χ1) is 17.4. The molecule has 1 fully saturated rings. The highest BCUT2D eigenvalue weighted by Crippen LogP contribution is 2.26. The van der Waals surface area contributed by atoms with Crippen molar-refractivity contribution in [1.29, 1.82) is 0 Å². The zero-order valence-electron chi connectivity index (χ0n) is 22.2. The average molecular weight is 525 g/mol. The van der Waals surface area contributed by atoms with Crippen molar-refractivity contribution < 1.29 is 17.7 Å². The van der Waals surface area contributed by atoms with Gasteiger partial charge in [0.05, 0.1) is 17.5 Å². The quantitative estimate of drug-likeness (QED) is 0.484. The summed E-state index contributed by atoms with van der Waals surface area (Å²) in [7, 11) is -3.24. The van der Waals surface area contributed by atoms with Crippen LogP contribution in [-0.2, 0) is 26.6 Å². The fourth-order valence-corrected chi connectivity index (χ4v) is 5.15. The fraction of sp³-hybridized carbons (Fsp3) is 0.464. The minimum atomic E-state index is -3.24. The molecule has 1 aliphatic rings. The SMILES string of the molecule is CC(NC(=O)C1CCN(Cc2nc(-c3ccc(C(C)(C)C)cc3)no2)CC1)c1ccc(S(C)(=O)=O)cc1. The first-order valence-corrected chi connectivity index (χ1v) is 14.6. The molecule has 2 heterocycles. The highest BCUT2D eigenvalue weighted by Gasteiger charge is 2.27. The third-order valence-electron chi connectivity index (χ3n) is 6.96. The molecule has 0 aliphatic carbocycles. The second-order valence-electron chi connectivity index (χ2n) is 11.0. The number of benzene rings is 2. The number of nitrogens with one attached hydrogen (secondary N) is 1. The van der Waals surface area contributed by atoms with E-state index in [1.807, 2.05) is 19.1 Å². The molecule has 1 aromatic heterocycles. The molecule has 8 nitrogen and oxygen atoms in total. The Kier molecular flexibility index (Phi) is 7.85. The van der Waals surface area contributed by atoms with Gasteiger partial charge in [-0.3, -0.25) is 9.69 Å². The smallest absolute Gasteiger partial charge is 0.241 e. The molecule has 4 rings (SSSR count). The molecule has 1 amide bonds. The Morgan fingerprint density at radius 3 is 2.27 bits per heavy atom. The van der Waals surface area contributed by atoms with Crippen molar-refractivity contribution in [3.63, 3.8) is 0 Å². The van der Waals surface area contributed by atoms with Gasteiger partial charge in [-0.25, -0.2) is 8.42 Å². The number of sulfone groups is 1. The van der Waals surface area contributed by atoms with Gasteiger partial charge in [-0.1, -0.05) is 62.3 Å². The fourth-order valence-electron chi connectivity index (χ4n) is 4.52. The van der Waals surface area contributed by atoms with E-state index in [0.717, 1.165) is 37.1 Å². The predicted molar refractivity (Wildman–Crippen MR) is 143 cm³/mol. The second kappa shape index (κ2) is 10.8. The van der Waals surface area contributed by atoms with Gasteiger partial charge in [0, 0.05) is 17.7 Å². The van der Waals surface area contributed by atoms with Crippen LogP contribution >= 0.6 is 0 Å². The standard InChI is InChI=1S/C28H36N4O4S/c1-19(20-8-12-24(13-9-20)37(5,34)35)29-27(33)22-14-16-32(17-15-22)18-25-30-26(31-36-25)21-6-10-23(11-7-21)28(2,3)4/h6-13,19,22H,14-18H2,1-5H3,(H,29,33). The third-order valence-corrected chi connectivity index (χ3v) is 8.09. The van der Waals surface area contributed by atoms with E-state index in [0.29, 0.717) is 18.3 Å². The number of carbonyl (C=O) groups is 1. The molecule has 0 radical (unpaired) electrons. The van der Waals surface area contributed by atoms with Gasteiger partial charge >= 0.3 is 0 Å². The number of rotatable bonds is 7. The van der Waals surface area contributed by atoms with E-state index < -0.39 is 9.84 Å². The highest BCUT2D eigenvalue weighted by molar-refractivity contribution is 7.90. The second-order valence-corrected chi connectivity index (χ2v) is 13.0. The van der Waals surface area contributed by atoms with Crippen LogP contribution in [0.1, 0.15) is 63.6 Å². The summed E-state index contributed by atoms with van der Waals surface area (Å²) in [5, 5.41) is 7.23. The summed E-state index contributed by atoms with van der Waals surface area (Å²) in [5.41, 5.74) is 3.15. The van der Waals surface area contributed by atoms with Crippen LogP contribution < -0.4 is 5.32 Å².